The van der Waals surface area contributed by atoms with Crippen molar-refractivity contribution in [2.75, 3.05) is 0 Å². The molecular weight excluding hydrogens is 381 g/mol. The number of nitrogens with zero attached hydrogens (tertiary/aromatic N) is 3. The zero-order valence-corrected chi connectivity index (χ0v) is 15.3. The summed E-state index contributed by atoms with van der Waals surface area (Å²) >= 11 is 0. The van der Waals surface area contributed by atoms with Crippen molar-refractivity contribution in [3.63, 3.8) is 0 Å². The first kappa shape index (κ1) is 18.0. The van der Waals surface area contributed by atoms with Gasteiger partial charge in [-0.2, -0.15) is 17.6 Å². The third kappa shape index (κ3) is 3.07. The van der Waals surface area contributed by atoms with Crippen LogP contribution >= 0.6 is 0 Å². The third-order valence-corrected chi connectivity index (χ3v) is 5.96. The number of carbonyl (C=O) groups excluding carboxylic acids is 1. The van der Waals surface area contributed by atoms with E-state index in [1.54, 1.807) is 30.3 Å². The van der Waals surface area contributed by atoms with E-state index in [0.29, 0.717) is 15.2 Å². The first-order chi connectivity index (χ1) is 13.5. The van der Waals surface area contributed by atoms with Gasteiger partial charge in [-0.05, 0) is 35.9 Å². The first-order valence-corrected chi connectivity index (χ1v) is 9.81. The summed E-state index contributed by atoms with van der Waals surface area (Å²) < 4.78 is 41.0. The van der Waals surface area contributed by atoms with E-state index < -0.39 is 15.8 Å². The summed E-state index contributed by atoms with van der Waals surface area (Å²) in [5.41, 5.74) is 0.786. The molecule has 4 aromatic rings. The van der Waals surface area contributed by atoms with Crippen LogP contribution in [-0.2, 0) is 16.4 Å². The molecule has 0 N–H and O–H groups in total. The van der Waals surface area contributed by atoms with Crippen molar-refractivity contribution in [2.24, 2.45) is 0 Å². The molecule has 6 nitrogen and oxygen atoms in total. The van der Waals surface area contributed by atoms with Crippen molar-refractivity contribution >= 4 is 26.7 Å². The Balaban J connectivity index is 1.81. The fraction of sp³-hybridized carbons (Fsp3) is 0.0500. The molecule has 0 bridgehead atoms. The minimum atomic E-state index is -4.07. The van der Waals surface area contributed by atoms with E-state index >= 15 is 0 Å². The van der Waals surface area contributed by atoms with E-state index in [2.05, 4.69) is 10.1 Å². The first-order valence-electron chi connectivity index (χ1n) is 8.37. The standard InChI is InChI=1S/C20H14FN3O3S/c21-18-7-6-15(12-19(25)14-8-10-22-11-9-14)17-13-23-24(20(17)18)28(26,27)16-4-2-1-3-5-16/h1-11,13H,12H2. The van der Waals surface area contributed by atoms with Gasteiger partial charge in [0.2, 0.25) is 0 Å². The SMILES string of the molecule is O=C(Cc1ccc(F)c2c1cnn2S(=O)(=O)c1ccccc1)c1ccncc1. The number of hydrogen-bond acceptors (Lipinski definition) is 5. The second-order valence-electron chi connectivity index (χ2n) is 6.11. The van der Waals surface area contributed by atoms with Crippen LogP contribution in [-0.4, -0.2) is 28.4 Å². The van der Waals surface area contributed by atoms with Crippen molar-refractivity contribution in [1.82, 2.24) is 14.2 Å². The van der Waals surface area contributed by atoms with Crippen molar-refractivity contribution in [2.45, 2.75) is 11.3 Å². The third-order valence-electron chi connectivity index (χ3n) is 4.36. The highest BCUT2D eigenvalue weighted by Crippen LogP contribution is 2.26. The monoisotopic (exact) mass is 395 g/mol. The van der Waals surface area contributed by atoms with Gasteiger partial charge in [0.05, 0.1) is 11.1 Å². The van der Waals surface area contributed by atoms with Crippen molar-refractivity contribution in [3.8, 4) is 0 Å². The van der Waals surface area contributed by atoms with Gasteiger partial charge in [-0.15, -0.1) is 0 Å². The Morgan fingerprint density at radius 1 is 1.00 bits per heavy atom. The predicted octanol–water partition coefficient (Wildman–Crippen LogP) is 3.23. The quantitative estimate of drug-likeness (QED) is 0.485. The Hall–Kier alpha value is -3.39. The van der Waals surface area contributed by atoms with Crippen molar-refractivity contribution < 1.29 is 17.6 Å². The molecule has 0 fully saturated rings. The maximum atomic E-state index is 14.5. The van der Waals surface area contributed by atoms with Gasteiger partial charge >= 0.3 is 0 Å². The van der Waals surface area contributed by atoms with Gasteiger partial charge in [0, 0.05) is 29.8 Å². The van der Waals surface area contributed by atoms with Crippen LogP contribution in [0, 0.1) is 5.82 Å². The fourth-order valence-electron chi connectivity index (χ4n) is 2.97. The lowest BCUT2D eigenvalue weighted by molar-refractivity contribution is 0.0993. The lowest BCUT2D eigenvalue weighted by Crippen LogP contribution is -2.15. The molecule has 28 heavy (non-hydrogen) atoms. The lowest BCUT2D eigenvalue weighted by atomic mass is 10.0. The zero-order valence-electron chi connectivity index (χ0n) is 14.5. The Morgan fingerprint density at radius 2 is 1.71 bits per heavy atom. The molecule has 0 spiro atoms. The highest BCUT2D eigenvalue weighted by Gasteiger charge is 2.24. The van der Waals surface area contributed by atoms with E-state index in [0.717, 1.165) is 6.07 Å². The van der Waals surface area contributed by atoms with Crippen LogP contribution in [0.25, 0.3) is 10.9 Å². The summed E-state index contributed by atoms with van der Waals surface area (Å²) in [4.78, 5) is 16.4. The smallest absolute Gasteiger partial charge is 0.283 e. The average Bonchev–Trinajstić information content (AvgIpc) is 3.18. The highest BCUT2D eigenvalue weighted by atomic mass is 32.2. The minimum Gasteiger partial charge on any atom is -0.294 e. The van der Waals surface area contributed by atoms with E-state index in [9.17, 15) is 17.6 Å². The second kappa shape index (κ2) is 6.97. The molecule has 0 aliphatic rings. The topological polar surface area (TPSA) is 81.9 Å². The van der Waals surface area contributed by atoms with Gasteiger partial charge in [-0.1, -0.05) is 24.3 Å². The Morgan fingerprint density at radius 3 is 2.43 bits per heavy atom. The van der Waals surface area contributed by atoms with Gasteiger partial charge in [0.1, 0.15) is 11.3 Å². The molecule has 0 unspecified atom stereocenters. The number of halogens is 1. The number of hydrogen-bond donors (Lipinski definition) is 0. The molecule has 2 heterocycles. The molecule has 140 valence electrons. The van der Waals surface area contributed by atoms with E-state index in [-0.39, 0.29) is 28.0 Å². The molecule has 0 saturated heterocycles. The lowest BCUT2D eigenvalue weighted by Gasteiger charge is -2.08. The number of ketones is 1. The molecule has 0 saturated carbocycles. The molecule has 4 rings (SSSR count). The van der Waals surface area contributed by atoms with E-state index in [4.69, 9.17) is 0 Å². The summed E-state index contributed by atoms with van der Waals surface area (Å²) in [5, 5.41) is 4.19. The molecular formula is C20H14FN3O3S. The number of aromatic nitrogens is 3. The molecule has 0 amide bonds. The maximum Gasteiger partial charge on any atom is 0.283 e. The Bertz CT molecular complexity index is 1270. The number of Topliss-reactive ketones (excluding diaryl/α,β-unsaturated/α-hetero) is 1. The van der Waals surface area contributed by atoms with E-state index in [1.165, 1.54) is 36.8 Å². The second-order valence-corrected chi connectivity index (χ2v) is 7.88. The molecule has 2 aromatic heterocycles. The van der Waals surface area contributed by atoms with Crippen LogP contribution in [0.3, 0.4) is 0 Å². The molecule has 0 aliphatic carbocycles. The highest BCUT2D eigenvalue weighted by molar-refractivity contribution is 7.90. The van der Waals surface area contributed by atoms with Crippen molar-refractivity contribution in [1.29, 1.82) is 0 Å². The fourth-order valence-corrected chi connectivity index (χ4v) is 4.27. The van der Waals surface area contributed by atoms with Crippen molar-refractivity contribution in [3.05, 3.63) is 90.1 Å². The van der Waals surface area contributed by atoms with Gasteiger partial charge in [-0.3, -0.25) is 9.78 Å². The predicted molar refractivity (Wildman–Crippen MR) is 101 cm³/mol. The summed E-state index contributed by atoms with van der Waals surface area (Å²) in [6, 6.07) is 13.5. The normalized spacial score (nSPS) is 11.6. The van der Waals surface area contributed by atoms with Crippen LogP contribution in [0.1, 0.15) is 15.9 Å². The minimum absolute atomic E-state index is 0.00216. The number of rotatable bonds is 5. The number of benzene rings is 2. The van der Waals surface area contributed by atoms with Gasteiger partial charge in [0.25, 0.3) is 10.0 Å². The van der Waals surface area contributed by atoms with Crippen LogP contribution in [0.2, 0.25) is 0 Å². The Kier molecular flexibility index (Phi) is 4.48. The molecule has 2 aromatic carbocycles. The number of pyridine rings is 1. The summed E-state index contributed by atoms with van der Waals surface area (Å²) in [5.74, 6) is -0.916. The molecule has 0 aliphatic heterocycles. The maximum absolute atomic E-state index is 14.5. The summed E-state index contributed by atoms with van der Waals surface area (Å²) in [6.45, 7) is 0. The molecule has 0 radical (unpaired) electrons. The number of fused-ring (bicyclic) bond motifs is 1. The van der Waals surface area contributed by atoms with Gasteiger partial charge in [0.15, 0.2) is 5.78 Å². The molecule has 8 heteroatoms. The summed E-state index contributed by atoms with van der Waals surface area (Å²) in [7, 11) is -4.07. The van der Waals surface area contributed by atoms with Gasteiger partial charge in [-0.25, -0.2) is 4.39 Å². The van der Waals surface area contributed by atoms with E-state index in [1.807, 2.05) is 0 Å². The summed E-state index contributed by atoms with van der Waals surface area (Å²) in [6.07, 6.45) is 4.28. The number of carbonyl (C=O) groups is 1. The van der Waals surface area contributed by atoms with Gasteiger partial charge < -0.3 is 0 Å². The Labute approximate surface area is 160 Å². The average molecular weight is 395 g/mol. The van der Waals surface area contributed by atoms with Crippen LogP contribution in [0.15, 0.2) is 78.1 Å². The van der Waals surface area contributed by atoms with Crippen LogP contribution in [0.4, 0.5) is 4.39 Å². The van der Waals surface area contributed by atoms with Crippen LogP contribution in [0.5, 0.6) is 0 Å². The zero-order chi connectivity index (χ0) is 19.7. The van der Waals surface area contributed by atoms with Crippen LogP contribution < -0.4 is 0 Å². The largest absolute Gasteiger partial charge is 0.294 e. The molecule has 0 atom stereocenters.